The van der Waals surface area contributed by atoms with Gasteiger partial charge < -0.3 is 10.4 Å². The number of nitro benzene ring substituents is 1. The number of carbonyl (C=O) groups excluding carboxylic acids is 2. The number of anilines is 1. The van der Waals surface area contributed by atoms with E-state index in [9.17, 15) is 24.8 Å². The third-order valence-corrected chi connectivity index (χ3v) is 5.98. The van der Waals surface area contributed by atoms with Gasteiger partial charge in [-0.05, 0) is 29.8 Å². The van der Waals surface area contributed by atoms with Crippen molar-refractivity contribution in [1.82, 2.24) is 4.90 Å². The Morgan fingerprint density at radius 3 is 2.67 bits per heavy atom. The monoisotopic (exact) mass is 507 g/mol. The van der Waals surface area contributed by atoms with Crippen LogP contribution in [-0.2, 0) is 9.59 Å². The van der Waals surface area contributed by atoms with E-state index < -0.39 is 10.8 Å². The van der Waals surface area contributed by atoms with E-state index in [0.717, 1.165) is 40.0 Å². The molecule has 2 aromatic rings. The zero-order valence-electron chi connectivity index (χ0n) is 15.2. The number of amides is 2. The second-order valence-corrected chi connectivity index (χ2v) is 8.73. The van der Waals surface area contributed by atoms with Crippen LogP contribution in [0, 0.1) is 10.1 Å². The highest BCUT2D eigenvalue weighted by Gasteiger charge is 2.32. The first-order chi connectivity index (χ1) is 14.2. The molecule has 0 unspecified atom stereocenters. The number of nitrogens with one attached hydrogen (secondary N) is 1. The van der Waals surface area contributed by atoms with Crippen LogP contribution >= 0.6 is 39.9 Å². The maximum atomic E-state index is 12.6. The SMILES string of the molecule is O=C(CCN1C(=O)C(=Cc2ccc(Br)cc2)SC1=S)Nc1cc([N+](=O)[O-])ccc1O. The van der Waals surface area contributed by atoms with Crippen LogP contribution in [-0.4, -0.2) is 37.6 Å². The molecule has 0 bridgehead atoms. The molecular formula is C19H14BrN3O5S2. The number of benzene rings is 2. The Hall–Kier alpha value is -2.76. The highest BCUT2D eigenvalue weighted by Crippen LogP contribution is 2.33. The van der Waals surface area contributed by atoms with Gasteiger partial charge in [0.25, 0.3) is 11.6 Å². The summed E-state index contributed by atoms with van der Waals surface area (Å²) in [5.74, 6) is -1.10. The van der Waals surface area contributed by atoms with Crippen molar-refractivity contribution in [3.8, 4) is 5.75 Å². The lowest BCUT2D eigenvalue weighted by atomic mass is 10.2. The van der Waals surface area contributed by atoms with Crippen LogP contribution in [0.25, 0.3) is 6.08 Å². The van der Waals surface area contributed by atoms with Crippen molar-refractivity contribution in [2.45, 2.75) is 6.42 Å². The number of thiocarbonyl (C=S) groups is 1. The van der Waals surface area contributed by atoms with Crippen molar-refractivity contribution in [1.29, 1.82) is 0 Å². The average Bonchev–Trinajstić information content (AvgIpc) is 2.96. The van der Waals surface area contributed by atoms with Crippen molar-refractivity contribution in [3.63, 3.8) is 0 Å². The van der Waals surface area contributed by atoms with Gasteiger partial charge in [0.2, 0.25) is 5.91 Å². The third-order valence-electron chi connectivity index (χ3n) is 4.07. The molecule has 1 aliphatic heterocycles. The predicted molar refractivity (Wildman–Crippen MR) is 122 cm³/mol. The van der Waals surface area contributed by atoms with E-state index in [4.69, 9.17) is 12.2 Å². The number of nitro groups is 1. The maximum absolute atomic E-state index is 12.6. The Morgan fingerprint density at radius 1 is 1.30 bits per heavy atom. The number of non-ortho nitro benzene ring substituents is 1. The Kier molecular flexibility index (Phi) is 6.85. The zero-order chi connectivity index (χ0) is 21.8. The van der Waals surface area contributed by atoms with Gasteiger partial charge in [-0.2, -0.15) is 0 Å². The molecular weight excluding hydrogens is 494 g/mol. The van der Waals surface area contributed by atoms with Crippen LogP contribution in [0.3, 0.4) is 0 Å². The zero-order valence-corrected chi connectivity index (χ0v) is 18.4. The van der Waals surface area contributed by atoms with Crippen molar-refractivity contribution < 1.29 is 19.6 Å². The summed E-state index contributed by atoms with van der Waals surface area (Å²) in [6, 6.07) is 10.8. The number of rotatable bonds is 6. The number of hydrogen-bond donors (Lipinski definition) is 2. The van der Waals surface area contributed by atoms with Crippen LogP contribution < -0.4 is 5.32 Å². The van der Waals surface area contributed by atoms with Gasteiger partial charge in [0.15, 0.2) is 0 Å². The van der Waals surface area contributed by atoms with E-state index in [1.54, 1.807) is 6.08 Å². The van der Waals surface area contributed by atoms with Gasteiger partial charge in [-0.15, -0.1) is 0 Å². The Labute approximate surface area is 189 Å². The molecule has 0 aliphatic carbocycles. The van der Waals surface area contributed by atoms with E-state index >= 15 is 0 Å². The quantitative estimate of drug-likeness (QED) is 0.197. The van der Waals surface area contributed by atoms with Gasteiger partial charge in [0.05, 0.1) is 15.5 Å². The lowest BCUT2D eigenvalue weighted by molar-refractivity contribution is -0.384. The van der Waals surface area contributed by atoms with E-state index in [-0.39, 0.29) is 36.0 Å². The molecule has 2 amide bonds. The molecule has 0 spiro atoms. The summed E-state index contributed by atoms with van der Waals surface area (Å²) >= 11 is 9.76. The van der Waals surface area contributed by atoms with E-state index in [2.05, 4.69) is 21.2 Å². The van der Waals surface area contributed by atoms with Crippen LogP contribution in [0.4, 0.5) is 11.4 Å². The lowest BCUT2D eigenvalue weighted by Gasteiger charge is -2.14. The molecule has 0 saturated carbocycles. The average molecular weight is 508 g/mol. The first-order valence-corrected chi connectivity index (χ1v) is 10.5. The Morgan fingerprint density at radius 2 is 2.00 bits per heavy atom. The van der Waals surface area contributed by atoms with Gasteiger partial charge >= 0.3 is 0 Å². The fourth-order valence-electron chi connectivity index (χ4n) is 2.57. The summed E-state index contributed by atoms with van der Waals surface area (Å²) in [5.41, 5.74) is 0.505. The topological polar surface area (TPSA) is 113 Å². The molecule has 0 aromatic heterocycles. The highest BCUT2D eigenvalue weighted by atomic mass is 79.9. The minimum Gasteiger partial charge on any atom is -0.506 e. The lowest BCUT2D eigenvalue weighted by Crippen LogP contribution is -2.31. The maximum Gasteiger partial charge on any atom is 0.271 e. The van der Waals surface area contributed by atoms with Gasteiger partial charge in [-0.3, -0.25) is 24.6 Å². The summed E-state index contributed by atoms with van der Waals surface area (Å²) in [6.45, 7) is 0.0455. The molecule has 0 radical (unpaired) electrons. The number of aromatic hydroxyl groups is 1. The Bertz CT molecular complexity index is 1070. The number of thioether (sulfide) groups is 1. The van der Waals surface area contributed by atoms with Gasteiger partial charge in [0.1, 0.15) is 10.1 Å². The van der Waals surface area contributed by atoms with Gasteiger partial charge in [-0.1, -0.05) is 52.0 Å². The van der Waals surface area contributed by atoms with E-state index in [1.807, 2.05) is 24.3 Å². The molecule has 1 fully saturated rings. The Balaban J connectivity index is 1.63. The van der Waals surface area contributed by atoms with Crippen molar-refractivity contribution in [2.75, 3.05) is 11.9 Å². The molecule has 1 heterocycles. The van der Waals surface area contributed by atoms with Gasteiger partial charge in [0, 0.05) is 29.6 Å². The fraction of sp³-hybridized carbons (Fsp3) is 0.105. The van der Waals surface area contributed by atoms with E-state index in [0.29, 0.717) is 9.23 Å². The highest BCUT2D eigenvalue weighted by molar-refractivity contribution is 9.10. The predicted octanol–water partition coefficient (Wildman–Crippen LogP) is 4.29. The molecule has 11 heteroatoms. The molecule has 0 atom stereocenters. The number of phenols is 1. The van der Waals surface area contributed by atoms with Crippen molar-refractivity contribution in [2.24, 2.45) is 0 Å². The molecule has 2 N–H and O–H groups in total. The number of nitrogens with zero attached hydrogens (tertiary/aromatic N) is 2. The first-order valence-electron chi connectivity index (χ1n) is 8.53. The molecule has 30 heavy (non-hydrogen) atoms. The minimum absolute atomic E-state index is 0.0455. The summed E-state index contributed by atoms with van der Waals surface area (Å²) in [7, 11) is 0. The molecule has 154 valence electrons. The second kappa shape index (κ2) is 9.37. The summed E-state index contributed by atoms with van der Waals surface area (Å²) in [6.07, 6.45) is 1.63. The third kappa shape index (κ3) is 5.23. The van der Waals surface area contributed by atoms with Gasteiger partial charge in [-0.25, -0.2) is 0 Å². The smallest absolute Gasteiger partial charge is 0.271 e. The number of phenolic OH excluding ortho intramolecular Hbond substituents is 1. The number of halogens is 1. The van der Waals surface area contributed by atoms with E-state index in [1.165, 1.54) is 4.90 Å². The van der Waals surface area contributed by atoms with Crippen LogP contribution in [0.1, 0.15) is 12.0 Å². The number of carbonyl (C=O) groups is 2. The first kappa shape index (κ1) is 21.9. The molecule has 8 nitrogen and oxygen atoms in total. The molecule has 1 saturated heterocycles. The number of hydrogen-bond acceptors (Lipinski definition) is 7. The second-order valence-electron chi connectivity index (χ2n) is 6.14. The largest absolute Gasteiger partial charge is 0.506 e. The minimum atomic E-state index is -0.632. The molecule has 2 aromatic carbocycles. The molecule has 1 aliphatic rings. The normalized spacial score (nSPS) is 15.0. The van der Waals surface area contributed by atoms with Crippen molar-refractivity contribution in [3.05, 3.63) is 67.5 Å². The van der Waals surface area contributed by atoms with Crippen LogP contribution in [0.2, 0.25) is 0 Å². The summed E-state index contributed by atoms with van der Waals surface area (Å²) < 4.78 is 1.27. The standard InChI is InChI=1S/C19H14BrN3O5S2/c20-12-3-1-11(2-4-12)9-16-18(26)22(19(29)30-16)8-7-17(25)21-14-10-13(23(27)28)5-6-15(14)24/h1-6,9-10,24H,7-8H2,(H,21,25). The van der Waals surface area contributed by atoms with Crippen LogP contribution in [0.15, 0.2) is 51.8 Å². The molecule has 3 rings (SSSR count). The fourth-order valence-corrected chi connectivity index (χ4v) is 4.14. The van der Waals surface area contributed by atoms with Crippen molar-refractivity contribution >= 4 is 73.5 Å². The van der Waals surface area contributed by atoms with Crippen LogP contribution in [0.5, 0.6) is 5.75 Å². The summed E-state index contributed by atoms with van der Waals surface area (Å²) in [5, 5.41) is 23.0. The summed E-state index contributed by atoms with van der Waals surface area (Å²) in [4.78, 5) is 36.8.